The van der Waals surface area contributed by atoms with Gasteiger partial charge in [0.1, 0.15) is 10.0 Å². The van der Waals surface area contributed by atoms with Crippen molar-refractivity contribution in [3.63, 3.8) is 0 Å². The van der Waals surface area contributed by atoms with E-state index in [1.807, 2.05) is 12.1 Å². The molecule has 0 aliphatic carbocycles. The number of rotatable bonds is 3. The van der Waals surface area contributed by atoms with Gasteiger partial charge in [-0.15, -0.1) is 10.2 Å². The molecular formula is C11H12IN3S. The Kier molecular flexibility index (Phi) is 3.88. The van der Waals surface area contributed by atoms with Crippen molar-refractivity contribution in [2.24, 2.45) is 5.73 Å². The SMILES string of the molecule is CCC(N)c1nnc(-c2ccccc2I)s1. The maximum Gasteiger partial charge on any atom is 0.148 e. The molecule has 1 unspecified atom stereocenters. The van der Waals surface area contributed by atoms with Crippen LogP contribution in [0.3, 0.4) is 0 Å². The quantitative estimate of drug-likeness (QED) is 0.869. The normalized spacial score (nSPS) is 12.7. The van der Waals surface area contributed by atoms with Crippen molar-refractivity contribution >= 4 is 33.9 Å². The number of halogens is 1. The van der Waals surface area contributed by atoms with E-state index in [9.17, 15) is 0 Å². The summed E-state index contributed by atoms with van der Waals surface area (Å²) in [5.41, 5.74) is 7.06. The fraction of sp³-hybridized carbons (Fsp3) is 0.273. The third kappa shape index (κ3) is 2.41. The molecule has 3 nitrogen and oxygen atoms in total. The molecule has 5 heteroatoms. The Morgan fingerprint density at radius 3 is 2.81 bits per heavy atom. The second-order valence-corrected chi connectivity index (χ2v) is 5.61. The minimum atomic E-state index is 0.00706. The van der Waals surface area contributed by atoms with Gasteiger partial charge in [-0.1, -0.05) is 36.5 Å². The fourth-order valence-electron chi connectivity index (χ4n) is 1.30. The van der Waals surface area contributed by atoms with E-state index in [1.54, 1.807) is 11.3 Å². The van der Waals surface area contributed by atoms with Gasteiger partial charge in [0.05, 0.1) is 6.04 Å². The van der Waals surface area contributed by atoms with Crippen LogP contribution in [0.2, 0.25) is 0 Å². The van der Waals surface area contributed by atoms with E-state index >= 15 is 0 Å². The molecule has 16 heavy (non-hydrogen) atoms. The third-order valence-electron chi connectivity index (χ3n) is 2.30. The maximum absolute atomic E-state index is 5.93. The van der Waals surface area contributed by atoms with Crippen molar-refractivity contribution < 1.29 is 0 Å². The molecule has 0 amide bonds. The topological polar surface area (TPSA) is 51.8 Å². The Morgan fingerprint density at radius 1 is 1.38 bits per heavy atom. The molecule has 0 spiro atoms. The van der Waals surface area contributed by atoms with E-state index in [0.717, 1.165) is 22.0 Å². The van der Waals surface area contributed by atoms with Gasteiger partial charge in [0.2, 0.25) is 0 Å². The zero-order chi connectivity index (χ0) is 11.5. The summed E-state index contributed by atoms with van der Waals surface area (Å²) in [5, 5.41) is 10.2. The molecule has 0 saturated carbocycles. The monoisotopic (exact) mass is 345 g/mol. The molecule has 2 aromatic rings. The lowest BCUT2D eigenvalue weighted by atomic mass is 10.2. The van der Waals surface area contributed by atoms with Crippen LogP contribution in [0.5, 0.6) is 0 Å². The molecule has 2 N–H and O–H groups in total. The van der Waals surface area contributed by atoms with Crippen LogP contribution < -0.4 is 5.73 Å². The first-order valence-electron chi connectivity index (χ1n) is 5.06. The van der Waals surface area contributed by atoms with Gasteiger partial charge in [-0.3, -0.25) is 0 Å². The molecule has 1 atom stereocenters. The number of nitrogens with two attached hydrogens (primary N) is 1. The molecule has 0 bridgehead atoms. The number of benzene rings is 1. The van der Waals surface area contributed by atoms with Gasteiger partial charge in [0, 0.05) is 9.13 Å². The lowest BCUT2D eigenvalue weighted by Crippen LogP contribution is -2.07. The third-order valence-corrected chi connectivity index (χ3v) is 4.33. The Labute approximate surface area is 112 Å². The summed E-state index contributed by atoms with van der Waals surface area (Å²) < 4.78 is 1.19. The van der Waals surface area contributed by atoms with Crippen LogP contribution in [0.1, 0.15) is 24.4 Å². The minimum absolute atomic E-state index is 0.00706. The summed E-state index contributed by atoms with van der Waals surface area (Å²) in [5.74, 6) is 0. The number of hydrogen-bond donors (Lipinski definition) is 1. The van der Waals surface area contributed by atoms with Crippen LogP contribution in [0.15, 0.2) is 24.3 Å². The van der Waals surface area contributed by atoms with E-state index in [1.165, 1.54) is 3.57 Å². The molecule has 0 aliphatic heterocycles. The number of hydrogen-bond acceptors (Lipinski definition) is 4. The molecule has 0 fully saturated rings. The Bertz CT molecular complexity index is 484. The average molecular weight is 345 g/mol. The highest BCUT2D eigenvalue weighted by atomic mass is 127. The summed E-state index contributed by atoms with van der Waals surface area (Å²) in [7, 11) is 0. The van der Waals surface area contributed by atoms with Crippen molar-refractivity contribution in [3.8, 4) is 10.6 Å². The van der Waals surface area contributed by atoms with Crippen molar-refractivity contribution in [2.45, 2.75) is 19.4 Å². The highest BCUT2D eigenvalue weighted by molar-refractivity contribution is 14.1. The zero-order valence-corrected chi connectivity index (χ0v) is 11.8. The average Bonchev–Trinajstić information content (AvgIpc) is 2.78. The zero-order valence-electron chi connectivity index (χ0n) is 8.85. The highest BCUT2D eigenvalue weighted by Crippen LogP contribution is 2.29. The molecule has 1 aromatic carbocycles. The van der Waals surface area contributed by atoms with Gasteiger partial charge in [0.25, 0.3) is 0 Å². The van der Waals surface area contributed by atoms with Crippen LogP contribution in [0, 0.1) is 3.57 Å². The van der Waals surface area contributed by atoms with Crippen molar-refractivity contribution in [1.29, 1.82) is 0 Å². The van der Waals surface area contributed by atoms with Gasteiger partial charge in [-0.2, -0.15) is 0 Å². The van der Waals surface area contributed by atoms with E-state index in [-0.39, 0.29) is 6.04 Å². The van der Waals surface area contributed by atoms with E-state index in [4.69, 9.17) is 5.73 Å². The van der Waals surface area contributed by atoms with Gasteiger partial charge < -0.3 is 5.73 Å². The maximum atomic E-state index is 5.93. The summed E-state index contributed by atoms with van der Waals surface area (Å²) >= 11 is 3.89. The highest BCUT2D eigenvalue weighted by Gasteiger charge is 2.13. The summed E-state index contributed by atoms with van der Waals surface area (Å²) in [6.07, 6.45) is 0.889. The molecule has 1 aromatic heterocycles. The molecule has 0 saturated heterocycles. The standard InChI is InChI=1S/C11H12IN3S/c1-2-9(13)11-15-14-10(16-11)7-5-3-4-6-8(7)12/h3-6,9H,2,13H2,1H3. The molecular weight excluding hydrogens is 333 g/mol. The molecule has 84 valence electrons. The summed E-state index contributed by atoms with van der Waals surface area (Å²) in [6.45, 7) is 2.05. The molecule has 0 radical (unpaired) electrons. The first kappa shape index (κ1) is 11.9. The smallest absolute Gasteiger partial charge is 0.148 e. The largest absolute Gasteiger partial charge is 0.322 e. The van der Waals surface area contributed by atoms with Crippen LogP contribution >= 0.6 is 33.9 Å². The van der Waals surface area contributed by atoms with Crippen molar-refractivity contribution in [3.05, 3.63) is 32.8 Å². The van der Waals surface area contributed by atoms with E-state index in [2.05, 4.69) is 51.8 Å². The van der Waals surface area contributed by atoms with E-state index < -0.39 is 0 Å². The summed E-state index contributed by atoms with van der Waals surface area (Å²) in [4.78, 5) is 0. The lowest BCUT2D eigenvalue weighted by molar-refractivity contribution is 0.683. The van der Waals surface area contributed by atoms with E-state index in [0.29, 0.717) is 0 Å². The predicted octanol–water partition coefficient (Wildman–Crippen LogP) is 3.22. The minimum Gasteiger partial charge on any atom is -0.322 e. The Morgan fingerprint density at radius 2 is 2.12 bits per heavy atom. The van der Waals surface area contributed by atoms with Crippen molar-refractivity contribution in [2.75, 3.05) is 0 Å². The Balaban J connectivity index is 2.35. The predicted molar refractivity (Wildman–Crippen MR) is 75.3 cm³/mol. The van der Waals surface area contributed by atoms with Crippen LogP contribution in [0.4, 0.5) is 0 Å². The second kappa shape index (κ2) is 5.20. The first-order valence-corrected chi connectivity index (χ1v) is 6.95. The van der Waals surface area contributed by atoms with Crippen LogP contribution in [-0.2, 0) is 0 Å². The van der Waals surface area contributed by atoms with Gasteiger partial charge in [0.15, 0.2) is 0 Å². The summed E-state index contributed by atoms with van der Waals surface area (Å²) in [6, 6.07) is 8.16. The first-order chi connectivity index (χ1) is 7.72. The molecule has 1 heterocycles. The molecule has 0 aliphatic rings. The van der Waals surface area contributed by atoms with Gasteiger partial charge in [-0.25, -0.2) is 0 Å². The van der Waals surface area contributed by atoms with Crippen LogP contribution in [-0.4, -0.2) is 10.2 Å². The number of aromatic nitrogens is 2. The number of nitrogens with zero attached hydrogens (tertiary/aromatic N) is 2. The van der Waals surface area contributed by atoms with Gasteiger partial charge in [-0.05, 0) is 35.1 Å². The fourth-order valence-corrected chi connectivity index (χ4v) is 3.10. The molecule has 2 rings (SSSR count). The van der Waals surface area contributed by atoms with Crippen molar-refractivity contribution in [1.82, 2.24) is 10.2 Å². The van der Waals surface area contributed by atoms with Gasteiger partial charge >= 0.3 is 0 Å². The lowest BCUT2D eigenvalue weighted by Gasteiger charge is -2.01. The Hall–Kier alpha value is -0.530. The second-order valence-electron chi connectivity index (χ2n) is 3.44. The van der Waals surface area contributed by atoms with Crippen LogP contribution in [0.25, 0.3) is 10.6 Å².